The summed E-state index contributed by atoms with van der Waals surface area (Å²) in [6, 6.07) is 0. The van der Waals surface area contributed by atoms with Crippen LogP contribution in [0.5, 0.6) is 0 Å². The fourth-order valence-electron chi connectivity index (χ4n) is 1.25. The first-order chi connectivity index (χ1) is 6.38. The molecule has 0 aromatic carbocycles. The molecule has 1 fully saturated rings. The van der Waals surface area contributed by atoms with Crippen molar-refractivity contribution in [1.29, 1.82) is 0 Å². The van der Waals surface area contributed by atoms with Gasteiger partial charge in [-0.2, -0.15) is 0 Å². The van der Waals surface area contributed by atoms with Crippen LogP contribution < -0.4 is 0 Å². The Bertz CT molecular complexity index is 206. The van der Waals surface area contributed by atoms with Gasteiger partial charge in [-0.1, -0.05) is 38.0 Å². The maximum atomic E-state index is 9.92. The molecule has 0 spiro atoms. The van der Waals surface area contributed by atoms with Gasteiger partial charge < -0.3 is 4.74 Å². The summed E-state index contributed by atoms with van der Waals surface area (Å²) in [5.41, 5.74) is 0. The highest BCUT2D eigenvalue weighted by Gasteiger charge is 2.34. The number of unbranched alkanes of at least 4 members (excludes halogenated alkanes) is 1. The van der Waals surface area contributed by atoms with Crippen LogP contribution in [-0.4, -0.2) is 18.5 Å². The molecule has 0 N–H and O–H groups in total. The first-order valence-corrected chi connectivity index (χ1v) is 4.82. The number of carbonyl (C=O) groups is 1. The van der Waals surface area contributed by atoms with Gasteiger partial charge >= 0.3 is 0 Å². The summed E-state index contributed by atoms with van der Waals surface area (Å²) >= 11 is 0. The van der Waals surface area contributed by atoms with E-state index in [2.05, 4.69) is 6.92 Å². The predicted molar refractivity (Wildman–Crippen MR) is 52.5 cm³/mol. The number of ether oxygens (including phenoxy) is 1. The van der Waals surface area contributed by atoms with E-state index in [-0.39, 0.29) is 0 Å². The van der Waals surface area contributed by atoms with E-state index in [0.717, 1.165) is 12.7 Å². The SMILES string of the molecule is CCCC[C@H]1O[C@@H]1C=CC=CC=O. The number of carbonyl (C=O) groups excluding carboxylic acids is 1. The molecule has 1 saturated heterocycles. The van der Waals surface area contributed by atoms with Gasteiger partial charge in [-0.25, -0.2) is 0 Å². The highest BCUT2D eigenvalue weighted by atomic mass is 16.6. The summed E-state index contributed by atoms with van der Waals surface area (Å²) in [5, 5.41) is 0. The van der Waals surface area contributed by atoms with Crippen LogP contribution in [0.4, 0.5) is 0 Å². The van der Waals surface area contributed by atoms with Gasteiger partial charge in [0.2, 0.25) is 0 Å². The molecule has 0 amide bonds. The van der Waals surface area contributed by atoms with E-state index in [9.17, 15) is 4.79 Å². The van der Waals surface area contributed by atoms with E-state index in [1.165, 1.54) is 18.9 Å². The lowest BCUT2D eigenvalue weighted by Gasteiger charge is -1.88. The number of aldehydes is 1. The van der Waals surface area contributed by atoms with Crippen LogP contribution in [0.15, 0.2) is 24.3 Å². The minimum Gasteiger partial charge on any atom is -0.365 e. The molecule has 1 aliphatic rings. The first kappa shape index (κ1) is 10.2. The topological polar surface area (TPSA) is 29.6 Å². The smallest absolute Gasteiger partial charge is 0.142 e. The van der Waals surface area contributed by atoms with Crippen LogP contribution in [0, 0.1) is 0 Å². The van der Waals surface area contributed by atoms with Crippen molar-refractivity contribution in [1.82, 2.24) is 0 Å². The van der Waals surface area contributed by atoms with Crippen LogP contribution in [0.3, 0.4) is 0 Å². The molecule has 2 heteroatoms. The molecule has 72 valence electrons. The van der Waals surface area contributed by atoms with Gasteiger partial charge in [0.25, 0.3) is 0 Å². The van der Waals surface area contributed by atoms with Crippen LogP contribution in [0.1, 0.15) is 26.2 Å². The van der Waals surface area contributed by atoms with E-state index >= 15 is 0 Å². The van der Waals surface area contributed by atoms with Gasteiger partial charge in [0.05, 0.1) is 6.10 Å². The zero-order chi connectivity index (χ0) is 9.52. The average molecular weight is 180 g/mol. The molecular formula is C11H16O2. The second-order valence-electron chi connectivity index (χ2n) is 3.19. The maximum Gasteiger partial charge on any atom is 0.142 e. The third-order valence-electron chi connectivity index (χ3n) is 2.07. The van der Waals surface area contributed by atoms with Gasteiger partial charge in [0.1, 0.15) is 12.4 Å². The predicted octanol–water partition coefficient (Wildman–Crippen LogP) is 2.26. The lowest BCUT2D eigenvalue weighted by molar-refractivity contribution is -0.104. The largest absolute Gasteiger partial charge is 0.365 e. The fourth-order valence-corrected chi connectivity index (χ4v) is 1.25. The second kappa shape index (κ2) is 5.70. The average Bonchev–Trinajstić information content (AvgIpc) is 2.88. The lowest BCUT2D eigenvalue weighted by atomic mass is 10.1. The van der Waals surface area contributed by atoms with Crippen molar-refractivity contribution in [3.8, 4) is 0 Å². The standard InChI is InChI=1S/C11H16O2/c1-2-3-7-10-11(13-10)8-5-4-6-9-12/h4-6,8-11H,2-3,7H2,1H3/t10-,11-/m1/s1. The quantitative estimate of drug-likeness (QED) is 0.271. The monoisotopic (exact) mass is 180 g/mol. The number of hydrogen-bond acceptors (Lipinski definition) is 2. The number of allylic oxidation sites excluding steroid dienone is 3. The molecular weight excluding hydrogens is 164 g/mol. The minimum atomic E-state index is 0.294. The molecule has 0 aromatic heterocycles. The summed E-state index contributed by atoms with van der Waals surface area (Å²) in [6.07, 6.45) is 12.2. The normalized spacial score (nSPS) is 27.2. The zero-order valence-electron chi connectivity index (χ0n) is 7.98. The molecule has 0 aromatic rings. The Morgan fingerprint density at radius 1 is 1.31 bits per heavy atom. The van der Waals surface area contributed by atoms with Crippen molar-refractivity contribution in [3.05, 3.63) is 24.3 Å². The van der Waals surface area contributed by atoms with E-state index in [1.807, 2.05) is 12.2 Å². The molecule has 0 aliphatic carbocycles. The molecule has 0 radical (unpaired) electrons. The van der Waals surface area contributed by atoms with Gasteiger partial charge in [0.15, 0.2) is 0 Å². The van der Waals surface area contributed by atoms with E-state index in [4.69, 9.17) is 4.74 Å². The molecule has 0 bridgehead atoms. The molecule has 0 saturated carbocycles. The Balaban J connectivity index is 2.09. The highest BCUT2D eigenvalue weighted by Crippen LogP contribution is 2.27. The molecule has 2 atom stereocenters. The van der Waals surface area contributed by atoms with E-state index in [0.29, 0.717) is 12.2 Å². The zero-order valence-corrected chi connectivity index (χ0v) is 7.98. The van der Waals surface area contributed by atoms with Crippen LogP contribution in [-0.2, 0) is 9.53 Å². The fraction of sp³-hybridized carbons (Fsp3) is 0.545. The van der Waals surface area contributed by atoms with Crippen molar-refractivity contribution in [2.24, 2.45) is 0 Å². The van der Waals surface area contributed by atoms with Gasteiger partial charge in [-0.05, 0) is 12.5 Å². The van der Waals surface area contributed by atoms with Crippen LogP contribution in [0.2, 0.25) is 0 Å². The third-order valence-corrected chi connectivity index (χ3v) is 2.07. The summed E-state index contributed by atoms with van der Waals surface area (Å²) in [7, 11) is 0. The van der Waals surface area contributed by atoms with E-state index < -0.39 is 0 Å². The second-order valence-corrected chi connectivity index (χ2v) is 3.19. The van der Waals surface area contributed by atoms with Crippen molar-refractivity contribution in [3.63, 3.8) is 0 Å². The summed E-state index contributed by atoms with van der Waals surface area (Å²) in [5.74, 6) is 0. The molecule has 13 heavy (non-hydrogen) atoms. The summed E-state index contributed by atoms with van der Waals surface area (Å²) in [6.45, 7) is 2.18. The molecule has 1 aliphatic heterocycles. The van der Waals surface area contributed by atoms with Crippen LogP contribution >= 0.6 is 0 Å². The molecule has 2 nitrogen and oxygen atoms in total. The summed E-state index contributed by atoms with van der Waals surface area (Å²) in [4.78, 5) is 9.92. The van der Waals surface area contributed by atoms with Gasteiger partial charge in [0, 0.05) is 0 Å². The minimum absolute atomic E-state index is 0.294. The Labute approximate surface area is 79.3 Å². The maximum absolute atomic E-state index is 9.92. The van der Waals surface area contributed by atoms with Crippen LogP contribution in [0.25, 0.3) is 0 Å². The lowest BCUT2D eigenvalue weighted by Crippen LogP contribution is -1.89. The van der Waals surface area contributed by atoms with Crippen molar-refractivity contribution < 1.29 is 9.53 Å². The molecule has 1 rings (SSSR count). The Morgan fingerprint density at radius 3 is 2.85 bits per heavy atom. The Morgan fingerprint density at radius 2 is 2.15 bits per heavy atom. The third kappa shape index (κ3) is 4.04. The van der Waals surface area contributed by atoms with Crippen molar-refractivity contribution in [2.45, 2.75) is 38.4 Å². The first-order valence-electron chi connectivity index (χ1n) is 4.82. The summed E-state index contributed by atoms with van der Waals surface area (Å²) < 4.78 is 5.39. The molecule has 1 heterocycles. The number of rotatable bonds is 6. The van der Waals surface area contributed by atoms with Crippen molar-refractivity contribution in [2.75, 3.05) is 0 Å². The Hall–Kier alpha value is -0.890. The van der Waals surface area contributed by atoms with Gasteiger partial charge in [-0.15, -0.1) is 0 Å². The molecule has 0 unspecified atom stereocenters. The van der Waals surface area contributed by atoms with E-state index in [1.54, 1.807) is 6.08 Å². The Kier molecular flexibility index (Phi) is 4.47. The number of epoxide rings is 1. The van der Waals surface area contributed by atoms with Crippen molar-refractivity contribution >= 4 is 6.29 Å². The highest BCUT2D eigenvalue weighted by molar-refractivity contribution is 5.65. The number of hydrogen-bond donors (Lipinski definition) is 0. The van der Waals surface area contributed by atoms with Gasteiger partial charge in [-0.3, -0.25) is 4.79 Å².